The number of nitrogens with one attached hydrogen (secondary N) is 1. The molecule has 2 aromatic carbocycles. The van der Waals surface area contributed by atoms with Crippen molar-refractivity contribution in [2.24, 2.45) is 0 Å². The number of carbonyl (C=O) groups excluding carboxylic acids is 1. The summed E-state index contributed by atoms with van der Waals surface area (Å²) in [5.74, 6) is 1.00. The van der Waals surface area contributed by atoms with E-state index in [4.69, 9.17) is 16.3 Å². The minimum absolute atomic E-state index is 0.114. The summed E-state index contributed by atoms with van der Waals surface area (Å²) in [6.45, 7) is 1.16. The molecule has 0 radical (unpaired) electrons. The molecule has 0 aromatic heterocycles. The minimum atomic E-state index is -0.114. The zero-order valence-corrected chi connectivity index (χ0v) is 11.6. The standard InChI is InChI=1S/C16H14ClNO2/c17-13-5-3-4-11(8-13)16(19)18-9-12-10-20-15-7-2-1-6-14(12)15/h1-8,12H,9-10H2,(H,18,19). The number of rotatable bonds is 3. The first-order valence-electron chi connectivity index (χ1n) is 6.49. The number of benzene rings is 2. The monoisotopic (exact) mass is 287 g/mol. The molecular weight excluding hydrogens is 274 g/mol. The largest absolute Gasteiger partial charge is 0.493 e. The van der Waals surface area contributed by atoms with Crippen molar-refractivity contribution in [3.8, 4) is 5.75 Å². The fourth-order valence-electron chi connectivity index (χ4n) is 2.35. The Hall–Kier alpha value is -2.00. The van der Waals surface area contributed by atoms with Crippen LogP contribution in [0.1, 0.15) is 21.8 Å². The Labute approximate surface area is 122 Å². The lowest BCUT2D eigenvalue weighted by atomic mass is 10.0. The van der Waals surface area contributed by atoms with Gasteiger partial charge in [0, 0.05) is 28.6 Å². The Morgan fingerprint density at radius 2 is 2.10 bits per heavy atom. The van der Waals surface area contributed by atoms with E-state index in [1.807, 2.05) is 24.3 Å². The van der Waals surface area contributed by atoms with Crippen LogP contribution in [0, 0.1) is 0 Å². The fraction of sp³-hybridized carbons (Fsp3) is 0.188. The zero-order valence-electron chi connectivity index (χ0n) is 10.8. The van der Waals surface area contributed by atoms with Crippen LogP contribution in [0.15, 0.2) is 48.5 Å². The summed E-state index contributed by atoms with van der Waals surface area (Å²) in [4.78, 5) is 12.1. The van der Waals surface area contributed by atoms with E-state index in [2.05, 4.69) is 5.32 Å². The third-order valence-electron chi connectivity index (χ3n) is 3.39. The van der Waals surface area contributed by atoms with E-state index in [0.29, 0.717) is 23.7 Å². The van der Waals surface area contributed by atoms with Gasteiger partial charge >= 0.3 is 0 Å². The average molecular weight is 288 g/mol. The zero-order chi connectivity index (χ0) is 13.9. The Morgan fingerprint density at radius 3 is 2.95 bits per heavy atom. The maximum atomic E-state index is 12.1. The van der Waals surface area contributed by atoms with Crippen LogP contribution in [0.2, 0.25) is 5.02 Å². The molecule has 3 nitrogen and oxygen atoms in total. The van der Waals surface area contributed by atoms with Crippen LogP contribution in [-0.4, -0.2) is 19.1 Å². The maximum Gasteiger partial charge on any atom is 0.251 e. The number of amides is 1. The maximum absolute atomic E-state index is 12.1. The summed E-state index contributed by atoms with van der Waals surface area (Å²) in [6, 6.07) is 14.9. The summed E-state index contributed by atoms with van der Waals surface area (Å²) in [7, 11) is 0. The van der Waals surface area contributed by atoms with Crippen LogP contribution in [0.4, 0.5) is 0 Å². The number of para-hydroxylation sites is 1. The molecular formula is C16H14ClNO2. The van der Waals surface area contributed by atoms with Crippen molar-refractivity contribution in [1.82, 2.24) is 5.32 Å². The van der Waals surface area contributed by atoms with Gasteiger partial charge in [-0.1, -0.05) is 35.9 Å². The van der Waals surface area contributed by atoms with Crippen molar-refractivity contribution >= 4 is 17.5 Å². The Kier molecular flexibility index (Phi) is 3.61. The van der Waals surface area contributed by atoms with Gasteiger partial charge in [-0.3, -0.25) is 4.79 Å². The minimum Gasteiger partial charge on any atom is -0.493 e. The van der Waals surface area contributed by atoms with Crippen LogP contribution >= 0.6 is 11.6 Å². The average Bonchev–Trinajstić information content (AvgIpc) is 2.88. The first kappa shape index (κ1) is 13.0. The molecule has 0 saturated heterocycles. The topological polar surface area (TPSA) is 38.3 Å². The van der Waals surface area contributed by atoms with Gasteiger partial charge in [-0.2, -0.15) is 0 Å². The van der Waals surface area contributed by atoms with Crippen molar-refractivity contribution in [2.75, 3.05) is 13.2 Å². The number of ether oxygens (including phenoxy) is 1. The molecule has 1 aliphatic heterocycles. The van der Waals surface area contributed by atoms with Gasteiger partial charge in [0.15, 0.2) is 0 Å². The van der Waals surface area contributed by atoms with Gasteiger partial charge in [0.05, 0.1) is 6.61 Å². The molecule has 0 aliphatic carbocycles. The molecule has 3 rings (SSSR count). The first-order chi connectivity index (χ1) is 9.74. The van der Waals surface area contributed by atoms with E-state index in [-0.39, 0.29) is 11.8 Å². The van der Waals surface area contributed by atoms with E-state index >= 15 is 0 Å². The molecule has 102 valence electrons. The highest BCUT2D eigenvalue weighted by Crippen LogP contribution is 2.32. The molecule has 1 aliphatic rings. The first-order valence-corrected chi connectivity index (χ1v) is 6.87. The second kappa shape index (κ2) is 5.55. The van der Waals surface area contributed by atoms with E-state index < -0.39 is 0 Å². The highest BCUT2D eigenvalue weighted by Gasteiger charge is 2.23. The Morgan fingerprint density at radius 1 is 1.25 bits per heavy atom. The molecule has 20 heavy (non-hydrogen) atoms. The van der Waals surface area contributed by atoms with Crippen molar-refractivity contribution < 1.29 is 9.53 Å². The molecule has 1 atom stereocenters. The van der Waals surface area contributed by atoms with Crippen LogP contribution in [-0.2, 0) is 0 Å². The normalized spacial score (nSPS) is 16.4. The molecule has 0 bridgehead atoms. The summed E-state index contributed by atoms with van der Waals surface area (Å²) >= 11 is 5.88. The quantitative estimate of drug-likeness (QED) is 0.941. The lowest BCUT2D eigenvalue weighted by molar-refractivity contribution is 0.0950. The van der Waals surface area contributed by atoms with Crippen LogP contribution < -0.4 is 10.1 Å². The fourth-order valence-corrected chi connectivity index (χ4v) is 2.54. The van der Waals surface area contributed by atoms with Crippen molar-refractivity contribution in [3.63, 3.8) is 0 Å². The van der Waals surface area contributed by atoms with Gasteiger partial charge in [0.2, 0.25) is 0 Å². The molecule has 1 amide bonds. The van der Waals surface area contributed by atoms with Gasteiger partial charge < -0.3 is 10.1 Å². The molecule has 1 unspecified atom stereocenters. The summed E-state index contributed by atoms with van der Waals surface area (Å²) in [5, 5.41) is 3.49. The van der Waals surface area contributed by atoms with Crippen LogP contribution in [0.3, 0.4) is 0 Å². The molecule has 0 fully saturated rings. The highest BCUT2D eigenvalue weighted by molar-refractivity contribution is 6.30. The SMILES string of the molecule is O=C(NCC1COc2ccccc21)c1cccc(Cl)c1. The van der Waals surface area contributed by atoms with E-state index in [0.717, 1.165) is 11.3 Å². The van der Waals surface area contributed by atoms with Gasteiger partial charge in [0.1, 0.15) is 5.75 Å². The van der Waals surface area contributed by atoms with Crippen molar-refractivity contribution in [2.45, 2.75) is 5.92 Å². The highest BCUT2D eigenvalue weighted by atomic mass is 35.5. The number of carbonyl (C=O) groups is 1. The number of hydrogen-bond donors (Lipinski definition) is 1. The van der Waals surface area contributed by atoms with Gasteiger partial charge in [-0.15, -0.1) is 0 Å². The third kappa shape index (κ3) is 2.63. The molecule has 0 saturated carbocycles. The van der Waals surface area contributed by atoms with Crippen LogP contribution in [0.5, 0.6) is 5.75 Å². The second-order valence-electron chi connectivity index (χ2n) is 4.77. The number of halogens is 1. The van der Waals surface area contributed by atoms with Crippen LogP contribution in [0.25, 0.3) is 0 Å². The predicted octanol–water partition coefficient (Wildman–Crippen LogP) is 3.25. The van der Waals surface area contributed by atoms with Gasteiger partial charge in [0.25, 0.3) is 5.91 Å². The Balaban J connectivity index is 1.65. The van der Waals surface area contributed by atoms with Crippen molar-refractivity contribution in [1.29, 1.82) is 0 Å². The van der Waals surface area contributed by atoms with Gasteiger partial charge in [-0.05, 0) is 24.3 Å². The number of fused-ring (bicyclic) bond motifs is 1. The van der Waals surface area contributed by atoms with Gasteiger partial charge in [-0.25, -0.2) is 0 Å². The van der Waals surface area contributed by atoms with E-state index in [1.165, 1.54) is 0 Å². The lowest BCUT2D eigenvalue weighted by Gasteiger charge is -2.10. The lowest BCUT2D eigenvalue weighted by Crippen LogP contribution is -2.28. The predicted molar refractivity (Wildman–Crippen MR) is 78.5 cm³/mol. The summed E-state index contributed by atoms with van der Waals surface area (Å²) in [5.41, 5.74) is 1.73. The number of hydrogen-bond acceptors (Lipinski definition) is 2. The molecule has 4 heteroatoms. The smallest absolute Gasteiger partial charge is 0.251 e. The Bertz CT molecular complexity index is 642. The van der Waals surface area contributed by atoms with Crippen molar-refractivity contribution in [3.05, 3.63) is 64.7 Å². The van der Waals surface area contributed by atoms with E-state index in [1.54, 1.807) is 24.3 Å². The molecule has 1 N–H and O–H groups in total. The summed E-state index contributed by atoms with van der Waals surface area (Å²) < 4.78 is 5.60. The summed E-state index contributed by atoms with van der Waals surface area (Å²) in [6.07, 6.45) is 0. The molecule has 1 heterocycles. The third-order valence-corrected chi connectivity index (χ3v) is 3.63. The molecule has 0 spiro atoms. The second-order valence-corrected chi connectivity index (χ2v) is 5.20. The van der Waals surface area contributed by atoms with E-state index in [9.17, 15) is 4.79 Å². The molecule has 2 aromatic rings.